The maximum atomic E-state index is 9.89. The number of aliphatic hydroxyl groups is 1. The van der Waals surface area contributed by atoms with Crippen molar-refractivity contribution in [2.24, 2.45) is 5.73 Å². The minimum atomic E-state index is -1.04. The van der Waals surface area contributed by atoms with Crippen molar-refractivity contribution >= 4 is 0 Å². The van der Waals surface area contributed by atoms with Crippen LogP contribution in [0, 0.1) is 0 Å². The molecule has 2 aromatic heterocycles. The van der Waals surface area contributed by atoms with Gasteiger partial charge in [0.25, 0.3) is 0 Å². The van der Waals surface area contributed by atoms with Crippen LogP contribution in [0.1, 0.15) is 25.3 Å². The van der Waals surface area contributed by atoms with E-state index in [0.29, 0.717) is 17.4 Å². The van der Waals surface area contributed by atoms with Crippen LogP contribution in [0.4, 0.5) is 0 Å². The zero-order chi connectivity index (χ0) is 13.9. The van der Waals surface area contributed by atoms with Crippen molar-refractivity contribution in [3.63, 3.8) is 0 Å². The summed E-state index contributed by atoms with van der Waals surface area (Å²) in [5.74, 6) is 0.804. The van der Waals surface area contributed by atoms with E-state index in [-0.39, 0.29) is 13.0 Å². The summed E-state index contributed by atoms with van der Waals surface area (Å²) in [6.07, 6.45) is 2.76. The number of pyridine rings is 1. The lowest BCUT2D eigenvalue weighted by molar-refractivity contribution is 0.0610. The summed E-state index contributed by atoms with van der Waals surface area (Å²) in [5, 5.41) is 13.8. The minimum Gasteiger partial charge on any atom is -0.388 e. The molecule has 3 N–H and O–H groups in total. The van der Waals surface area contributed by atoms with Crippen LogP contribution in [0.15, 0.2) is 22.9 Å². The van der Waals surface area contributed by atoms with Crippen molar-refractivity contribution in [2.75, 3.05) is 6.54 Å². The molecule has 0 saturated carbocycles. The Kier molecular flexibility index (Phi) is 3.92. The molecule has 0 aromatic carbocycles. The van der Waals surface area contributed by atoms with E-state index in [2.05, 4.69) is 15.1 Å². The average molecular weight is 262 g/mol. The molecule has 6 nitrogen and oxygen atoms in total. The van der Waals surface area contributed by atoms with Gasteiger partial charge in [-0.05, 0) is 25.0 Å². The van der Waals surface area contributed by atoms with Crippen LogP contribution in [0.2, 0.25) is 0 Å². The smallest absolute Gasteiger partial charge is 0.229 e. The van der Waals surface area contributed by atoms with Gasteiger partial charge in [0.05, 0.1) is 12.0 Å². The van der Waals surface area contributed by atoms with Crippen LogP contribution < -0.4 is 5.73 Å². The van der Waals surface area contributed by atoms with Crippen molar-refractivity contribution in [2.45, 2.75) is 32.3 Å². The van der Waals surface area contributed by atoms with E-state index in [9.17, 15) is 5.11 Å². The molecule has 2 aromatic rings. The molecule has 2 heterocycles. The molecule has 0 amide bonds. The Hall–Kier alpha value is -1.79. The van der Waals surface area contributed by atoms with Gasteiger partial charge in [-0.1, -0.05) is 18.1 Å². The highest BCUT2D eigenvalue weighted by atomic mass is 16.5. The second kappa shape index (κ2) is 5.46. The summed E-state index contributed by atoms with van der Waals surface area (Å²) in [7, 11) is 0. The first-order valence-corrected chi connectivity index (χ1v) is 6.25. The normalized spacial score (nSPS) is 14.3. The van der Waals surface area contributed by atoms with Gasteiger partial charge in [-0.25, -0.2) is 0 Å². The highest BCUT2D eigenvalue weighted by Gasteiger charge is 2.23. The van der Waals surface area contributed by atoms with E-state index in [1.165, 1.54) is 0 Å². The number of rotatable bonds is 5. The molecule has 102 valence electrons. The Morgan fingerprint density at radius 3 is 2.95 bits per heavy atom. The van der Waals surface area contributed by atoms with Gasteiger partial charge in [-0.3, -0.25) is 4.98 Å². The molecule has 19 heavy (non-hydrogen) atoms. The molecule has 0 aliphatic heterocycles. The number of hydrogen-bond acceptors (Lipinski definition) is 6. The fourth-order valence-corrected chi connectivity index (χ4v) is 1.75. The summed E-state index contributed by atoms with van der Waals surface area (Å²) >= 11 is 0. The molecule has 1 unspecified atom stereocenters. The van der Waals surface area contributed by atoms with E-state index < -0.39 is 5.60 Å². The zero-order valence-electron chi connectivity index (χ0n) is 11.1. The first-order chi connectivity index (χ1) is 9.05. The van der Waals surface area contributed by atoms with Gasteiger partial charge in [-0.15, -0.1) is 0 Å². The quantitative estimate of drug-likeness (QED) is 0.832. The predicted molar refractivity (Wildman–Crippen MR) is 70.3 cm³/mol. The highest BCUT2D eigenvalue weighted by molar-refractivity contribution is 5.53. The molecule has 0 aliphatic rings. The van der Waals surface area contributed by atoms with Crippen molar-refractivity contribution in [1.82, 2.24) is 15.1 Å². The lowest BCUT2D eigenvalue weighted by atomic mass is 10.0. The third-order valence-electron chi connectivity index (χ3n) is 2.92. The standard InChI is InChI=1S/C13H18N4O2/c1-3-9-5-4-6-15-11(9)12-16-10(19-17-12)7-13(2,18)8-14/h4-6,18H,3,7-8,14H2,1-2H3. The molecule has 0 bridgehead atoms. The topological polar surface area (TPSA) is 98.1 Å². The third-order valence-corrected chi connectivity index (χ3v) is 2.92. The lowest BCUT2D eigenvalue weighted by Crippen LogP contribution is -2.36. The summed E-state index contributed by atoms with van der Waals surface area (Å²) in [6, 6.07) is 3.86. The van der Waals surface area contributed by atoms with E-state index >= 15 is 0 Å². The van der Waals surface area contributed by atoms with Crippen molar-refractivity contribution in [3.8, 4) is 11.5 Å². The summed E-state index contributed by atoms with van der Waals surface area (Å²) in [5.41, 5.74) is 6.20. The molecular weight excluding hydrogens is 244 g/mol. The molecular formula is C13H18N4O2. The highest BCUT2D eigenvalue weighted by Crippen LogP contribution is 2.19. The van der Waals surface area contributed by atoms with Crippen LogP contribution in [-0.4, -0.2) is 32.4 Å². The molecule has 6 heteroatoms. The Bertz CT molecular complexity index is 551. The molecule has 0 aliphatic carbocycles. The molecule has 0 fully saturated rings. The Morgan fingerprint density at radius 2 is 2.26 bits per heavy atom. The van der Waals surface area contributed by atoms with Gasteiger partial charge >= 0.3 is 0 Å². The third kappa shape index (κ3) is 3.15. The van der Waals surface area contributed by atoms with Crippen molar-refractivity contribution in [1.29, 1.82) is 0 Å². The van der Waals surface area contributed by atoms with Crippen LogP contribution in [-0.2, 0) is 12.8 Å². The summed E-state index contributed by atoms with van der Waals surface area (Å²) < 4.78 is 5.14. The number of nitrogens with zero attached hydrogens (tertiary/aromatic N) is 3. The first-order valence-electron chi connectivity index (χ1n) is 6.25. The van der Waals surface area contributed by atoms with E-state index in [4.69, 9.17) is 10.3 Å². The van der Waals surface area contributed by atoms with Gasteiger partial charge in [0.2, 0.25) is 11.7 Å². The van der Waals surface area contributed by atoms with E-state index in [1.54, 1.807) is 13.1 Å². The van der Waals surface area contributed by atoms with Gasteiger partial charge in [0, 0.05) is 12.7 Å². The fraction of sp³-hybridized carbons (Fsp3) is 0.462. The predicted octanol–water partition coefficient (Wildman–Crippen LogP) is 0.946. The Labute approximate surface area is 111 Å². The van der Waals surface area contributed by atoms with Gasteiger partial charge in [0.15, 0.2) is 0 Å². The van der Waals surface area contributed by atoms with E-state index in [0.717, 1.165) is 12.0 Å². The zero-order valence-corrected chi connectivity index (χ0v) is 11.1. The lowest BCUT2D eigenvalue weighted by Gasteiger charge is -2.17. The Morgan fingerprint density at radius 1 is 1.47 bits per heavy atom. The SMILES string of the molecule is CCc1cccnc1-c1noc(CC(C)(O)CN)n1. The van der Waals surface area contributed by atoms with Crippen LogP contribution in [0.3, 0.4) is 0 Å². The largest absolute Gasteiger partial charge is 0.388 e. The second-order valence-electron chi connectivity index (χ2n) is 4.75. The van der Waals surface area contributed by atoms with Gasteiger partial charge < -0.3 is 15.4 Å². The number of aryl methyl sites for hydroxylation is 1. The van der Waals surface area contributed by atoms with Crippen molar-refractivity contribution in [3.05, 3.63) is 29.8 Å². The number of aromatic nitrogens is 3. The molecule has 0 saturated heterocycles. The molecule has 2 rings (SSSR count). The van der Waals surface area contributed by atoms with Crippen LogP contribution in [0.5, 0.6) is 0 Å². The minimum absolute atomic E-state index is 0.133. The number of hydrogen-bond donors (Lipinski definition) is 2. The van der Waals surface area contributed by atoms with Crippen molar-refractivity contribution < 1.29 is 9.63 Å². The fourth-order valence-electron chi connectivity index (χ4n) is 1.75. The van der Waals surface area contributed by atoms with Crippen LogP contribution >= 0.6 is 0 Å². The second-order valence-corrected chi connectivity index (χ2v) is 4.75. The first kappa shape index (κ1) is 13.6. The molecule has 0 radical (unpaired) electrons. The van der Waals surface area contributed by atoms with E-state index in [1.807, 2.05) is 19.1 Å². The summed E-state index contributed by atoms with van der Waals surface area (Å²) in [4.78, 5) is 8.54. The molecule has 1 atom stereocenters. The van der Waals surface area contributed by atoms with Gasteiger partial charge in [-0.2, -0.15) is 4.98 Å². The number of nitrogens with two attached hydrogens (primary N) is 1. The monoisotopic (exact) mass is 262 g/mol. The van der Waals surface area contributed by atoms with Gasteiger partial charge in [0.1, 0.15) is 5.69 Å². The molecule has 0 spiro atoms. The maximum Gasteiger partial charge on any atom is 0.229 e. The summed E-state index contributed by atoms with van der Waals surface area (Å²) in [6.45, 7) is 3.81. The Balaban J connectivity index is 2.26. The van der Waals surface area contributed by atoms with Crippen LogP contribution in [0.25, 0.3) is 11.5 Å². The maximum absolute atomic E-state index is 9.89. The average Bonchev–Trinajstić information content (AvgIpc) is 2.86.